The summed E-state index contributed by atoms with van der Waals surface area (Å²) in [5, 5.41) is 4.03. The highest BCUT2D eigenvalue weighted by Gasteiger charge is 2.18. The van der Waals surface area contributed by atoms with E-state index < -0.39 is 0 Å². The third kappa shape index (κ3) is 2.38. The smallest absolute Gasteiger partial charge is 0.125 e. The monoisotopic (exact) mass is 249 g/mol. The SMILES string of the molecule is CNC(c1ccc(C)o1)c1cccc(C)c1Cl. The Bertz CT molecular complexity index is 519. The predicted octanol–water partition coefficient (Wildman–Crippen LogP) is 3.86. The summed E-state index contributed by atoms with van der Waals surface area (Å²) in [5.41, 5.74) is 2.12. The highest BCUT2D eigenvalue weighted by Crippen LogP contribution is 2.30. The van der Waals surface area contributed by atoms with E-state index in [0.29, 0.717) is 0 Å². The quantitative estimate of drug-likeness (QED) is 0.894. The predicted molar refractivity (Wildman–Crippen MR) is 70.5 cm³/mol. The minimum atomic E-state index is -0.00361. The number of nitrogens with one attached hydrogen (secondary N) is 1. The van der Waals surface area contributed by atoms with Gasteiger partial charge >= 0.3 is 0 Å². The lowest BCUT2D eigenvalue weighted by molar-refractivity contribution is 0.444. The Labute approximate surface area is 107 Å². The molecule has 0 fully saturated rings. The number of hydrogen-bond acceptors (Lipinski definition) is 2. The van der Waals surface area contributed by atoms with E-state index in [0.717, 1.165) is 27.7 Å². The molecule has 1 atom stereocenters. The van der Waals surface area contributed by atoms with Gasteiger partial charge in [-0.2, -0.15) is 0 Å². The van der Waals surface area contributed by atoms with Crippen molar-refractivity contribution in [1.29, 1.82) is 0 Å². The van der Waals surface area contributed by atoms with Crippen LogP contribution in [0.5, 0.6) is 0 Å². The van der Waals surface area contributed by atoms with Crippen LogP contribution in [0.1, 0.15) is 28.7 Å². The van der Waals surface area contributed by atoms with Gasteiger partial charge in [-0.05, 0) is 44.2 Å². The first-order valence-corrected chi connectivity index (χ1v) is 6.00. The van der Waals surface area contributed by atoms with Crippen LogP contribution >= 0.6 is 11.6 Å². The molecular formula is C14H16ClNO. The molecule has 1 N–H and O–H groups in total. The summed E-state index contributed by atoms with van der Waals surface area (Å²) < 4.78 is 5.66. The van der Waals surface area contributed by atoms with Crippen LogP contribution in [0, 0.1) is 13.8 Å². The topological polar surface area (TPSA) is 25.2 Å². The average Bonchev–Trinajstić information content (AvgIpc) is 2.72. The van der Waals surface area contributed by atoms with E-state index in [1.807, 2.05) is 51.2 Å². The summed E-state index contributed by atoms with van der Waals surface area (Å²) in [6.45, 7) is 3.94. The van der Waals surface area contributed by atoms with Gasteiger partial charge in [0.15, 0.2) is 0 Å². The van der Waals surface area contributed by atoms with Gasteiger partial charge < -0.3 is 9.73 Å². The van der Waals surface area contributed by atoms with Crippen molar-refractivity contribution in [2.24, 2.45) is 0 Å². The molecule has 2 aromatic rings. The zero-order chi connectivity index (χ0) is 12.4. The van der Waals surface area contributed by atoms with E-state index in [9.17, 15) is 0 Å². The normalized spacial score (nSPS) is 12.7. The molecule has 0 saturated carbocycles. The van der Waals surface area contributed by atoms with Crippen molar-refractivity contribution in [3.8, 4) is 0 Å². The second-order valence-electron chi connectivity index (χ2n) is 4.15. The van der Waals surface area contributed by atoms with E-state index in [-0.39, 0.29) is 6.04 Å². The van der Waals surface area contributed by atoms with E-state index in [1.54, 1.807) is 0 Å². The molecule has 1 aromatic heterocycles. The Morgan fingerprint density at radius 2 is 1.94 bits per heavy atom. The number of hydrogen-bond donors (Lipinski definition) is 1. The molecule has 2 nitrogen and oxygen atoms in total. The molecule has 0 aliphatic heterocycles. The lowest BCUT2D eigenvalue weighted by Crippen LogP contribution is -2.17. The molecule has 17 heavy (non-hydrogen) atoms. The van der Waals surface area contributed by atoms with Gasteiger partial charge in [0.1, 0.15) is 11.5 Å². The lowest BCUT2D eigenvalue weighted by atomic mass is 10.0. The van der Waals surface area contributed by atoms with E-state index in [2.05, 4.69) is 5.32 Å². The lowest BCUT2D eigenvalue weighted by Gasteiger charge is -2.16. The van der Waals surface area contributed by atoms with Gasteiger partial charge in [0.05, 0.1) is 6.04 Å². The Hall–Kier alpha value is -1.25. The minimum absolute atomic E-state index is 0.00361. The van der Waals surface area contributed by atoms with Gasteiger partial charge in [0, 0.05) is 5.02 Å². The molecule has 0 aliphatic carbocycles. The van der Waals surface area contributed by atoms with Crippen molar-refractivity contribution in [3.63, 3.8) is 0 Å². The largest absolute Gasteiger partial charge is 0.464 e. The number of aryl methyl sites for hydroxylation is 2. The molecule has 0 bridgehead atoms. The van der Waals surface area contributed by atoms with Crippen LogP contribution in [0.3, 0.4) is 0 Å². The van der Waals surface area contributed by atoms with Crippen molar-refractivity contribution < 1.29 is 4.42 Å². The van der Waals surface area contributed by atoms with Gasteiger partial charge in [-0.15, -0.1) is 0 Å². The van der Waals surface area contributed by atoms with Crippen molar-refractivity contribution >= 4 is 11.6 Å². The van der Waals surface area contributed by atoms with Gasteiger partial charge in [-0.1, -0.05) is 29.8 Å². The maximum Gasteiger partial charge on any atom is 0.125 e. The van der Waals surface area contributed by atoms with E-state index in [4.69, 9.17) is 16.0 Å². The van der Waals surface area contributed by atoms with Crippen LogP contribution in [0.15, 0.2) is 34.7 Å². The standard InChI is InChI=1S/C14H16ClNO/c1-9-5-4-6-11(13(9)15)14(16-3)12-8-7-10(2)17-12/h4-8,14,16H,1-3H3. The van der Waals surface area contributed by atoms with Crippen LogP contribution < -0.4 is 5.32 Å². The third-order valence-corrected chi connectivity index (χ3v) is 3.38. The molecule has 0 saturated heterocycles. The maximum atomic E-state index is 6.34. The molecular weight excluding hydrogens is 234 g/mol. The van der Waals surface area contributed by atoms with Crippen LogP contribution in [0.2, 0.25) is 5.02 Å². The first-order valence-electron chi connectivity index (χ1n) is 5.62. The van der Waals surface area contributed by atoms with Crippen molar-refractivity contribution in [3.05, 3.63) is 58.0 Å². The third-order valence-electron chi connectivity index (χ3n) is 2.87. The molecule has 1 aromatic carbocycles. The first-order chi connectivity index (χ1) is 8.13. The number of benzene rings is 1. The minimum Gasteiger partial charge on any atom is -0.464 e. The molecule has 0 spiro atoms. The second kappa shape index (κ2) is 4.94. The summed E-state index contributed by atoms with van der Waals surface area (Å²) in [5.74, 6) is 1.79. The molecule has 90 valence electrons. The number of rotatable bonds is 3. The molecule has 0 amide bonds. The van der Waals surface area contributed by atoms with Crippen LogP contribution in [0.4, 0.5) is 0 Å². The fraction of sp³-hybridized carbons (Fsp3) is 0.286. The zero-order valence-electron chi connectivity index (χ0n) is 10.3. The molecule has 1 heterocycles. The molecule has 1 unspecified atom stereocenters. The summed E-state index contributed by atoms with van der Waals surface area (Å²) in [6.07, 6.45) is 0. The highest BCUT2D eigenvalue weighted by atomic mass is 35.5. The second-order valence-corrected chi connectivity index (χ2v) is 4.53. The Morgan fingerprint density at radius 1 is 1.18 bits per heavy atom. The van der Waals surface area contributed by atoms with E-state index >= 15 is 0 Å². The van der Waals surface area contributed by atoms with Gasteiger partial charge in [-0.25, -0.2) is 0 Å². The van der Waals surface area contributed by atoms with Crippen molar-refractivity contribution in [1.82, 2.24) is 5.32 Å². The summed E-state index contributed by atoms with van der Waals surface area (Å²) in [6, 6.07) is 9.98. The Morgan fingerprint density at radius 3 is 2.53 bits per heavy atom. The van der Waals surface area contributed by atoms with E-state index in [1.165, 1.54) is 0 Å². The maximum absolute atomic E-state index is 6.34. The van der Waals surface area contributed by atoms with Crippen LogP contribution in [-0.4, -0.2) is 7.05 Å². The van der Waals surface area contributed by atoms with Gasteiger partial charge in [-0.3, -0.25) is 0 Å². The molecule has 0 aliphatic rings. The summed E-state index contributed by atoms with van der Waals surface area (Å²) >= 11 is 6.34. The van der Waals surface area contributed by atoms with Crippen LogP contribution in [-0.2, 0) is 0 Å². The van der Waals surface area contributed by atoms with Crippen molar-refractivity contribution in [2.75, 3.05) is 7.05 Å². The van der Waals surface area contributed by atoms with Crippen molar-refractivity contribution in [2.45, 2.75) is 19.9 Å². The highest BCUT2D eigenvalue weighted by molar-refractivity contribution is 6.32. The molecule has 2 rings (SSSR count). The Kier molecular flexibility index (Phi) is 3.55. The fourth-order valence-electron chi connectivity index (χ4n) is 1.95. The first kappa shape index (κ1) is 12.2. The van der Waals surface area contributed by atoms with Crippen LogP contribution in [0.25, 0.3) is 0 Å². The average molecular weight is 250 g/mol. The zero-order valence-corrected chi connectivity index (χ0v) is 11.0. The number of halogens is 1. The summed E-state index contributed by atoms with van der Waals surface area (Å²) in [4.78, 5) is 0. The molecule has 0 radical (unpaired) electrons. The van der Waals surface area contributed by atoms with Gasteiger partial charge in [0.25, 0.3) is 0 Å². The number of furan rings is 1. The molecule has 3 heteroatoms. The van der Waals surface area contributed by atoms with Gasteiger partial charge in [0.2, 0.25) is 0 Å². The fourth-order valence-corrected chi connectivity index (χ4v) is 2.19. The Balaban J connectivity index is 2.45. The summed E-state index contributed by atoms with van der Waals surface area (Å²) in [7, 11) is 1.90.